The van der Waals surface area contributed by atoms with Crippen LogP contribution >= 0.6 is 11.6 Å². The van der Waals surface area contributed by atoms with Gasteiger partial charge >= 0.3 is 0 Å². The van der Waals surface area contributed by atoms with Crippen molar-refractivity contribution >= 4 is 11.6 Å². The standard InChI is InChI=1S/C10H14ClN3O/c11-10-4-3-8(12-13-10)6-14-5-1-2-9(14)7-15/h3-4,9,15H,1-2,5-7H2/t9-/m0/s1. The molecule has 0 aromatic carbocycles. The van der Waals surface area contributed by atoms with Crippen molar-refractivity contribution in [2.75, 3.05) is 13.2 Å². The van der Waals surface area contributed by atoms with Crippen molar-refractivity contribution in [1.29, 1.82) is 0 Å². The van der Waals surface area contributed by atoms with Gasteiger partial charge in [0.25, 0.3) is 0 Å². The molecule has 4 nitrogen and oxygen atoms in total. The number of hydrogen-bond acceptors (Lipinski definition) is 4. The first-order chi connectivity index (χ1) is 7.29. The van der Waals surface area contributed by atoms with Crippen LogP contribution in [0.5, 0.6) is 0 Å². The molecule has 1 saturated heterocycles. The third-order valence-corrected chi connectivity index (χ3v) is 2.96. The third-order valence-electron chi connectivity index (χ3n) is 2.76. The van der Waals surface area contributed by atoms with Crippen LogP contribution in [0.15, 0.2) is 12.1 Å². The summed E-state index contributed by atoms with van der Waals surface area (Å²) < 4.78 is 0. The molecule has 0 aliphatic carbocycles. The zero-order chi connectivity index (χ0) is 10.7. The molecule has 15 heavy (non-hydrogen) atoms. The van der Waals surface area contributed by atoms with Crippen molar-refractivity contribution in [2.45, 2.75) is 25.4 Å². The zero-order valence-electron chi connectivity index (χ0n) is 8.43. The number of halogens is 1. The Morgan fingerprint density at radius 1 is 1.47 bits per heavy atom. The Morgan fingerprint density at radius 3 is 3.00 bits per heavy atom. The number of nitrogens with zero attached hydrogens (tertiary/aromatic N) is 3. The average Bonchev–Trinajstić information content (AvgIpc) is 2.69. The quantitative estimate of drug-likeness (QED) is 0.840. The van der Waals surface area contributed by atoms with E-state index in [4.69, 9.17) is 16.7 Å². The number of likely N-dealkylation sites (tertiary alicyclic amines) is 1. The molecule has 0 amide bonds. The maximum atomic E-state index is 9.16. The van der Waals surface area contributed by atoms with Crippen LogP contribution in [0.3, 0.4) is 0 Å². The van der Waals surface area contributed by atoms with Gasteiger partial charge in [-0.2, -0.15) is 5.10 Å². The highest BCUT2D eigenvalue weighted by Crippen LogP contribution is 2.18. The van der Waals surface area contributed by atoms with Gasteiger partial charge in [-0.15, -0.1) is 5.10 Å². The Hall–Kier alpha value is -0.710. The van der Waals surface area contributed by atoms with Gasteiger partial charge in [-0.1, -0.05) is 11.6 Å². The van der Waals surface area contributed by atoms with Crippen LogP contribution in [0.25, 0.3) is 0 Å². The number of aliphatic hydroxyl groups is 1. The summed E-state index contributed by atoms with van der Waals surface area (Å²) in [6, 6.07) is 3.90. The second-order valence-corrected chi connectivity index (χ2v) is 4.18. The highest BCUT2D eigenvalue weighted by molar-refractivity contribution is 6.29. The molecule has 5 heteroatoms. The van der Waals surface area contributed by atoms with E-state index in [-0.39, 0.29) is 12.6 Å². The fourth-order valence-corrected chi connectivity index (χ4v) is 2.05. The Balaban J connectivity index is 1.99. The summed E-state index contributed by atoms with van der Waals surface area (Å²) in [5.41, 5.74) is 0.903. The summed E-state index contributed by atoms with van der Waals surface area (Å²) in [5, 5.41) is 17.4. The first kappa shape index (κ1) is 10.8. The van der Waals surface area contributed by atoms with Gasteiger partial charge in [-0.3, -0.25) is 4.90 Å². The molecule has 0 unspecified atom stereocenters. The Bertz CT molecular complexity index is 317. The zero-order valence-corrected chi connectivity index (χ0v) is 9.19. The Morgan fingerprint density at radius 2 is 2.33 bits per heavy atom. The van der Waals surface area contributed by atoms with E-state index in [1.165, 1.54) is 0 Å². The maximum absolute atomic E-state index is 9.16. The molecule has 0 spiro atoms. The van der Waals surface area contributed by atoms with Crippen LogP contribution < -0.4 is 0 Å². The molecule has 0 bridgehead atoms. The van der Waals surface area contributed by atoms with Gasteiger partial charge in [0.1, 0.15) is 0 Å². The summed E-state index contributed by atoms with van der Waals surface area (Å²) in [6.45, 7) is 1.99. The fourth-order valence-electron chi connectivity index (χ4n) is 1.95. The predicted octanol–water partition coefficient (Wildman–Crippen LogP) is 1.09. The van der Waals surface area contributed by atoms with E-state index in [0.717, 1.165) is 31.6 Å². The van der Waals surface area contributed by atoms with Crippen LogP contribution in [0.4, 0.5) is 0 Å². The molecule has 2 heterocycles. The van der Waals surface area contributed by atoms with Crippen molar-refractivity contribution in [2.24, 2.45) is 0 Å². The number of aromatic nitrogens is 2. The van der Waals surface area contributed by atoms with Crippen molar-refractivity contribution in [3.8, 4) is 0 Å². The monoisotopic (exact) mass is 227 g/mol. The summed E-state index contributed by atoms with van der Waals surface area (Å²) >= 11 is 5.66. The van der Waals surface area contributed by atoms with E-state index in [1.807, 2.05) is 6.07 Å². The van der Waals surface area contributed by atoms with Crippen molar-refractivity contribution < 1.29 is 5.11 Å². The molecule has 1 N–H and O–H groups in total. The van der Waals surface area contributed by atoms with Crippen molar-refractivity contribution in [3.05, 3.63) is 23.0 Å². The van der Waals surface area contributed by atoms with Crippen LogP contribution in [0.1, 0.15) is 18.5 Å². The normalized spacial score (nSPS) is 22.1. The van der Waals surface area contributed by atoms with Gasteiger partial charge in [-0.25, -0.2) is 0 Å². The molecule has 0 radical (unpaired) electrons. The molecule has 1 aromatic heterocycles. The van der Waals surface area contributed by atoms with E-state index < -0.39 is 0 Å². The van der Waals surface area contributed by atoms with Crippen LogP contribution in [-0.4, -0.2) is 39.4 Å². The smallest absolute Gasteiger partial charge is 0.151 e. The van der Waals surface area contributed by atoms with Gasteiger partial charge in [-0.05, 0) is 31.5 Å². The van der Waals surface area contributed by atoms with E-state index >= 15 is 0 Å². The van der Waals surface area contributed by atoms with Gasteiger partial charge < -0.3 is 5.11 Å². The first-order valence-corrected chi connectivity index (χ1v) is 5.50. The molecule has 1 aromatic rings. The molecular formula is C10H14ClN3O. The molecule has 2 rings (SSSR count). The van der Waals surface area contributed by atoms with E-state index in [2.05, 4.69) is 15.1 Å². The lowest BCUT2D eigenvalue weighted by Crippen LogP contribution is -2.31. The lowest BCUT2D eigenvalue weighted by molar-refractivity contribution is 0.152. The molecule has 1 aliphatic heterocycles. The molecule has 1 atom stereocenters. The minimum Gasteiger partial charge on any atom is -0.395 e. The largest absolute Gasteiger partial charge is 0.395 e. The minimum absolute atomic E-state index is 0.223. The average molecular weight is 228 g/mol. The SMILES string of the molecule is OC[C@@H]1CCCN1Cc1ccc(Cl)nn1. The van der Waals surface area contributed by atoms with E-state index in [1.54, 1.807) is 6.07 Å². The summed E-state index contributed by atoms with van der Waals surface area (Å²) in [5.74, 6) is 0. The Labute approximate surface area is 93.9 Å². The van der Waals surface area contributed by atoms with E-state index in [0.29, 0.717) is 5.15 Å². The lowest BCUT2D eigenvalue weighted by Gasteiger charge is -2.21. The molecular weight excluding hydrogens is 214 g/mol. The van der Waals surface area contributed by atoms with Crippen LogP contribution in [-0.2, 0) is 6.54 Å². The van der Waals surface area contributed by atoms with Crippen molar-refractivity contribution in [3.63, 3.8) is 0 Å². The topological polar surface area (TPSA) is 49.2 Å². The van der Waals surface area contributed by atoms with Crippen LogP contribution in [0.2, 0.25) is 5.15 Å². The first-order valence-electron chi connectivity index (χ1n) is 5.12. The van der Waals surface area contributed by atoms with Gasteiger partial charge in [0.2, 0.25) is 0 Å². The molecule has 1 aliphatic rings. The lowest BCUT2D eigenvalue weighted by atomic mass is 10.2. The molecule has 0 saturated carbocycles. The molecule has 82 valence electrons. The summed E-state index contributed by atoms with van der Waals surface area (Å²) in [6.07, 6.45) is 2.21. The van der Waals surface area contributed by atoms with Gasteiger partial charge in [0, 0.05) is 12.6 Å². The predicted molar refractivity (Wildman–Crippen MR) is 57.6 cm³/mol. The third kappa shape index (κ3) is 2.65. The second-order valence-electron chi connectivity index (χ2n) is 3.80. The maximum Gasteiger partial charge on any atom is 0.151 e. The van der Waals surface area contributed by atoms with E-state index in [9.17, 15) is 0 Å². The minimum atomic E-state index is 0.223. The van der Waals surface area contributed by atoms with Crippen molar-refractivity contribution in [1.82, 2.24) is 15.1 Å². The second kappa shape index (κ2) is 4.88. The van der Waals surface area contributed by atoms with Gasteiger partial charge in [0.05, 0.1) is 12.3 Å². The number of hydrogen-bond donors (Lipinski definition) is 1. The summed E-state index contributed by atoms with van der Waals surface area (Å²) in [4.78, 5) is 2.23. The number of aliphatic hydroxyl groups excluding tert-OH is 1. The molecule has 1 fully saturated rings. The number of rotatable bonds is 3. The Kier molecular flexibility index (Phi) is 3.51. The highest BCUT2D eigenvalue weighted by Gasteiger charge is 2.23. The highest BCUT2D eigenvalue weighted by atomic mass is 35.5. The van der Waals surface area contributed by atoms with Crippen LogP contribution in [0, 0.1) is 0 Å². The van der Waals surface area contributed by atoms with Gasteiger partial charge in [0.15, 0.2) is 5.15 Å². The summed E-state index contributed by atoms with van der Waals surface area (Å²) in [7, 11) is 0. The fraction of sp³-hybridized carbons (Fsp3) is 0.600.